The van der Waals surface area contributed by atoms with Crippen molar-refractivity contribution >= 4 is 5.65 Å². The predicted molar refractivity (Wildman–Crippen MR) is 90.6 cm³/mol. The van der Waals surface area contributed by atoms with Gasteiger partial charge in [-0.05, 0) is 30.5 Å². The molecule has 1 fully saturated rings. The van der Waals surface area contributed by atoms with E-state index in [9.17, 15) is 10.4 Å². The summed E-state index contributed by atoms with van der Waals surface area (Å²) in [6, 6.07) is 9.29. The Balaban J connectivity index is 1.80. The minimum absolute atomic E-state index is 0.234. The molecule has 5 nitrogen and oxygen atoms in total. The first-order valence-electron chi connectivity index (χ1n) is 8.34. The molecular formula is C19H18N4O. The zero-order chi connectivity index (χ0) is 16.5. The van der Waals surface area contributed by atoms with Crippen LogP contribution in [-0.2, 0) is 0 Å². The number of hydrogen-bond acceptors (Lipinski definition) is 4. The number of aromatic hydroxyl groups is 1. The van der Waals surface area contributed by atoms with E-state index in [-0.39, 0.29) is 5.75 Å². The van der Waals surface area contributed by atoms with E-state index in [0.29, 0.717) is 17.1 Å². The van der Waals surface area contributed by atoms with E-state index in [4.69, 9.17) is 5.10 Å². The third-order valence-electron chi connectivity index (χ3n) is 4.80. The molecule has 3 aromatic rings. The highest BCUT2D eigenvalue weighted by atomic mass is 16.3. The summed E-state index contributed by atoms with van der Waals surface area (Å²) in [6.45, 7) is 0. The summed E-state index contributed by atoms with van der Waals surface area (Å²) < 4.78 is 1.73. The number of aromatic nitrogens is 3. The summed E-state index contributed by atoms with van der Waals surface area (Å²) in [5, 5.41) is 23.7. The molecule has 1 aliphatic carbocycles. The van der Waals surface area contributed by atoms with Gasteiger partial charge in [-0.2, -0.15) is 10.4 Å². The van der Waals surface area contributed by atoms with Gasteiger partial charge in [0.1, 0.15) is 17.4 Å². The van der Waals surface area contributed by atoms with Gasteiger partial charge in [0.15, 0.2) is 5.65 Å². The van der Waals surface area contributed by atoms with Crippen LogP contribution >= 0.6 is 0 Å². The standard InChI is InChI=1S/C19H18N4O/c20-10-17-18(14-4-2-1-3-5-14)22-23-12-15(11-21-19(17)23)13-6-8-16(24)9-7-13/h6-9,11-12,14,24H,1-5H2. The van der Waals surface area contributed by atoms with E-state index < -0.39 is 0 Å². The fourth-order valence-corrected chi connectivity index (χ4v) is 3.52. The van der Waals surface area contributed by atoms with Crippen molar-refractivity contribution in [3.8, 4) is 22.9 Å². The Bertz CT molecular complexity index is 915. The molecule has 0 unspecified atom stereocenters. The highest BCUT2D eigenvalue weighted by Gasteiger charge is 2.24. The van der Waals surface area contributed by atoms with Gasteiger partial charge >= 0.3 is 0 Å². The molecule has 0 radical (unpaired) electrons. The quantitative estimate of drug-likeness (QED) is 0.774. The van der Waals surface area contributed by atoms with E-state index in [1.54, 1.807) is 22.8 Å². The Morgan fingerprint density at radius 3 is 2.54 bits per heavy atom. The molecule has 0 bridgehead atoms. The number of fused-ring (bicyclic) bond motifs is 1. The van der Waals surface area contributed by atoms with E-state index >= 15 is 0 Å². The number of phenols is 1. The molecule has 1 saturated carbocycles. The van der Waals surface area contributed by atoms with Gasteiger partial charge in [-0.15, -0.1) is 0 Å². The highest BCUT2D eigenvalue weighted by molar-refractivity contribution is 5.66. The number of rotatable bonds is 2. The Morgan fingerprint density at radius 1 is 1.08 bits per heavy atom. The first kappa shape index (κ1) is 14.7. The molecule has 0 spiro atoms. The molecule has 5 heteroatoms. The van der Waals surface area contributed by atoms with Crippen LogP contribution in [0.4, 0.5) is 0 Å². The van der Waals surface area contributed by atoms with Crippen LogP contribution in [-0.4, -0.2) is 19.7 Å². The SMILES string of the molecule is N#Cc1c(C2CCCCC2)nn2cc(-c3ccc(O)cc3)cnc12. The number of benzene rings is 1. The van der Waals surface area contributed by atoms with Crippen molar-refractivity contribution in [2.75, 3.05) is 0 Å². The zero-order valence-corrected chi connectivity index (χ0v) is 13.3. The van der Waals surface area contributed by atoms with Gasteiger partial charge in [0, 0.05) is 23.9 Å². The van der Waals surface area contributed by atoms with Gasteiger partial charge in [-0.25, -0.2) is 9.50 Å². The minimum Gasteiger partial charge on any atom is -0.508 e. The molecule has 0 amide bonds. The molecule has 2 heterocycles. The summed E-state index contributed by atoms with van der Waals surface area (Å²) in [5.41, 5.74) is 3.99. The summed E-state index contributed by atoms with van der Waals surface area (Å²) in [5.74, 6) is 0.602. The fraction of sp³-hybridized carbons (Fsp3) is 0.316. The lowest BCUT2D eigenvalue weighted by atomic mass is 9.86. The van der Waals surface area contributed by atoms with Crippen LogP contribution in [0.1, 0.15) is 49.3 Å². The van der Waals surface area contributed by atoms with Crippen molar-refractivity contribution < 1.29 is 5.11 Å². The maximum absolute atomic E-state index is 9.58. The molecule has 24 heavy (non-hydrogen) atoms. The van der Waals surface area contributed by atoms with E-state index in [2.05, 4.69) is 11.1 Å². The average molecular weight is 318 g/mol. The maximum Gasteiger partial charge on any atom is 0.173 e. The smallest absolute Gasteiger partial charge is 0.173 e. The Hall–Kier alpha value is -2.87. The molecule has 120 valence electrons. The number of nitriles is 1. The molecule has 1 N–H and O–H groups in total. The Morgan fingerprint density at radius 2 is 1.83 bits per heavy atom. The minimum atomic E-state index is 0.234. The van der Waals surface area contributed by atoms with Crippen LogP contribution in [0.15, 0.2) is 36.7 Å². The Labute approximate surface area is 140 Å². The number of nitrogens with zero attached hydrogens (tertiary/aromatic N) is 4. The lowest BCUT2D eigenvalue weighted by Gasteiger charge is -2.19. The average Bonchev–Trinajstić information content (AvgIpc) is 3.01. The van der Waals surface area contributed by atoms with Gasteiger partial charge in [-0.1, -0.05) is 31.4 Å². The topological polar surface area (TPSA) is 74.2 Å². The molecule has 2 aromatic heterocycles. The van der Waals surface area contributed by atoms with Crippen molar-refractivity contribution in [3.05, 3.63) is 47.9 Å². The van der Waals surface area contributed by atoms with Crippen molar-refractivity contribution in [2.24, 2.45) is 0 Å². The monoisotopic (exact) mass is 318 g/mol. The van der Waals surface area contributed by atoms with Gasteiger partial charge < -0.3 is 5.11 Å². The first-order valence-corrected chi connectivity index (χ1v) is 8.34. The molecule has 0 saturated heterocycles. The molecule has 1 aliphatic rings. The maximum atomic E-state index is 9.58. The van der Waals surface area contributed by atoms with E-state index in [1.807, 2.05) is 18.3 Å². The van der Waals surface area contributed by atoms with Crippen molar-refractivity contribution in [3.63, 3.8) is 0 Å². The van der Waals surface area contributed by atoms with Gasteiger partial charge in [0.2, 0.25) is 0 Å². The second-order valence-electron chi connectivity index (χ2n) is 6.36. The normalized spacial score (nSPS) is 15.5. The molecule has 4 rings (SSSR count). The van der Waals surface area contributed by atoms with Crippen molar-refractivity contribution in [1.29, 1.82) is 5.26 Å². The third kappa shape index (κ3) is 2.50. The lowest BCUT2D eigenvalue weighted by molar-refractivity contribution is 0.435. The van der Waals surface area contributed by atoms with Crippen LogP contribution in [0.5, 0.6) is 5.75 Å². The molecular weight excluding hydrogens is 300 g/mol. The largest absolute Gasteiger partial charge is 0.508 e. The van der Waals surface area contributed by atoms with Crippen molar-refractivity contribution in [2.45, 2.75) is 38.0 Å². The second-order valence-corrected chi connectivity index (χ2v) is 6.36. The number of hydrogen-bond donors (Lipinski definition) is 1. The highest BCUT2D eigenvalue weighted by Crippen LogP contribution is 2.34. The van der Waals surface area contributed by atoms with Crippen LogP contribution < -0.4 is 0 Å². The number of phenolic OH excluding ortho intramolecular Hbond substituents is 1. The first-order chi connectivity index (χ1) is 11.8. The predicted octanol–water partition coefficient (Wildman–Crippen LogP) is 4.02. The van der Waals surface area contributed by atoms with Crippen LogP contribution in [0.3, 0.4) is 0 Å². The molecule has 1 aromatic carbocycles. The fourth-order valence-electron chi connectivity index (χ4n) is 3.52. The Kier molecular flexibility index (Phi) is 3.66. The molecule has 0 aliphatic heterocycles. The summed E-state index contributed by atoms with van der Waals surface area (Å²) in [7, 11) is 0. The van der Waals surface area contributed by atoms with E-state index in [1.165, 1.54) is 19.3 Å². The van der Waals surface area contributed by atoms with Crippen LogP contribution in [0, 0.1) is 11.3 Å². The van der Waals surface area contributed by atoms with E-state index in [0.717, 1.165) is 29.7 Å². The zero-order valence-electron chi connectivity index (χ0n) is 13.3. The van der Waals surface area contributed by atoms with Crippen LogP contribution in [0.25, 0.3) is 16.8 Å². The van der Waals surface area contributed by atoms with Crippen LogP contribution in [0.2, 0.25) is 0 Å². The third-order valence-corrected chi connectivity index (χ3v) is 4.80. The van der Waals surface area contributed by atoms with Gasteiger partial charge in [-0.3, -0.25) is 0 Å². The summed E-state index contributed by atoms with van der Waals surface area (Å²) in [4.78, 5) is 4.48. The summed E-state index contributed by atoms with van der Waals surface area (Å²) >= 11 is 0. The van der Waals surface area contributed by atoms with Gasteiger partial charge in [0.25, 0.3) is 0 Å². The summed E-state index contributed by atoms with van der Waals surface area (Å²) in [6.07, 6.45) is 9.55. The lowest BCUT2D eigenvalue weighted by Crippen LogP contribution is -2.06. The van der Waals surface area contributed by atoms with Crippen molar-refractivity contribution in [1.82, 2.24) is 14.6 Å². The van der Waals surface area contributed by atoms with Gasteiger partial charge in [0.05, 0.1) is 5.69 Å². The second kappa shape index (κ2) is 5.97. The molecule has 0 atom stereocenters.